The highest BCUT2D eigenvalue weighted by Crippen LogP contribution is 2.48. The molecule has 1 aromatic heterocycles. The Hall–Kier alpha value is -3.04. The summed E-state index contributed by atoms with van der Waals surface area (Å²) in [5.41, 5.74) is 8.19. The van der Waals surface area contributed by atoms with Crippen molar-refractivity contribution < 1.29 is 9.47 Å². The van der Waals surface area contributed by atoms with Crippen molar-refractivity contribution in [2.75, 3.05) is 6.79 Å². The number of aromatic nitrogens is 1. The Labute approximate surface area is 201 Å². The van der Waals surface area contributed by atoms with E-state index in [0.717, 1.165) is 18.6 Å². The van der Waals surface area contributed by atoms with Crippen LogP contribution in [0.1, 0.15) is 39.5 Å². The molecule has 5 aliphatic carbocycles. The predicted molar refractivity (Wildman–Crippen MR) is 138 cm³/mol. The third-order valence-corrected chi connectivity index (χ3v) is 8.27. The lowest BCUT2D eigenvalue weighted by molar-refractivity contribution is -0.0864. The number of allylic oxidation sites excluding steroid dienone is 7. The average Bonchev–Trinajstić information content (AvgIpc) is 3.16. The minimum atomic E-state index is 0.247. The van der Waals surface area contributed by atoms with Crippen LogP contribution in [0.15, 0.2) is 89.2 Å². The van der Waals surface area contributed by atoms with Gasteiger partial charge in [-0.2, -0.15) is 0 Å². The maximum absolute atomic E-state index is 6.35. The summed E-state index contributed by atoms with van der Waals surface area (Å²) >= 11 is 0. The van der Waals surface area contributed by atoms with E-state index in [4.69, 9.17) is 9.47 Å². The molecule has 2 aromatic carbocycles. The van der Waals surface area contributed by atoms with Crippen LogP contribution in [-0.2, 0) is 9.47 Å². The second kappa shape index (κ2) is 7.74. The molecule has 8 rings (SSSR count). The molecule has 3 aromatic rings. The lowest BCUT2D eigenvalue weighted by Gasteiger charge is -2.44. The highest BCUT2D eigenvalue weighted by molar-refractivity contribution is 6.10. The number of ether oxygens (including phenoxy) is 2. The fourth-order valence-corrected chi connectivity index (χ4v) is 7.01. The molecule has 0 amide bonds. The highest BCUT2D eigenvalue weighted by atomic mass is 16.7. The first-order chi connectivity index (χ1) is 16.7. The average molecular weight is 450 g/mol. The van der Waals surface area contributed by atoms with Crippen LogP contribution in [0.4, 0.5) is 0 Å². The summed E-state index contributed by atoms with van der Waals surface area (Å²) in [6.45, 7) is 4.80. The Bertz CT molecular complexity index is 1380. The molecule has 0 N–H and O–H groups in total. The Morgan fingerprint density at radius 2 is 1.68 bits per heavy atom. The molecule has 0 spiro atoms. The molecular weight excluding hydrogens is 418 g/mol. The molecule has 5 aliphatic rings. The largest absolute Gasteiger partial charge is 0.471 e. The fourth-order valence-electron chi connectivity index (χ4n) is 7.01. The van der Waals surface area contributed by atoms with Gasteiger partial charge < -0.3 is 14.0 Å². The summed E-state index contributed by atoms with van der Waals surface area (Å²) in [4.78, 5) is 0. The van der Waals surface area contributed by atoms with Crippen molar-refractivity contribution >= 4 is 27.5 Å². The number of nitrogens with zero attached hydrogens (tertiary/aromatic N) is 1. The molecule has 34 heavy (non-hydrogen) atoms. The summed E-state index contributed by atoms with van der Waals surface area (Å²) in [5, 5.41) is 2.62. The zero-order valence-corrected chi connectivity index (χ0v) is 20.0. The van der Waals surface area contributed by atoms with Crippen molar-refractivity contribution in [1.29, 1.82) is 0 Å². The van der Waals surface area contributed by atoms with Crippen molar-refractivity contribution in [3.8, 4) is 0 Å². The lowest BCUT2D eigenvalue weighted by Crippen LogP contribution is -2.39. The first-order valence-corrected chi connectivity index (χ1v) is 12.7. The van der Waals surface area contributed by atoms with E-state index >= 15 is 0 Å². The van der Waals surface area contributed by atoms with Crippen LogP contribution in [-0.4, -0.2) is 17.5 Å². The molecule has 4 atom stereocenters. The van der Waals surface area contributed by atoms with Gasteiger partial charge in [0.05, 0.1) is 17.1 Å². The number of hydrogen-bond donors (Lipinski definition) is 0. The number of para-hydroxylation sites is 2. The Balaban J connectivity index is 1.15. The van der Waals surface area contributed by atoms with E-state index in [1.807, 2.05) is 0 Å². The zero-order chi connectivity index (χ0) is 22.8. The smallest absolute Gasteiger partial charge is 0.189 e. The molecule has 0 aliphatic heterocycles. The highest BCUT2D eigenvalue weighted by Gasteiger charge is 2.40. The van der Waals surface area contributed by atoms with Gasteiger partial charge in [0, 0.05) is 22.4 Å². The van der Waals surface area contributed by atoms with Gasteiger partial charge in [-0.15, -0.1) is 0 Å². The Kier molecular flexibility index (Phi) is 4.63. The zero-order valence-electron chi connectivity index (χ0n) is 20.0. The second-order valence-corrected chi connectivity index (χ2v) is 10.6. The Morgan fingerprint density at radius 3 is 2.35 bits per heavy atom. The van der Waals surface area contributed by atoms with E-state index < -0.39 is 0 Å². The third-order valence-electron chi connectivity index (χ3n) is 8.27. The van der Waals surface area contributed by atoms with E-state index in [-0.39, 0.29) is 6.10 Å². The van der Waals surface area contributed by atoms with Crippen molar-refractivity contribution in [2.24, 2.45) is 17.8 Å². The van der Waals surface area contributed by atoms with Gasteiger partial charge >= 0.3 is 0 Å². The second-order valence-electron chi connectivity index (χ2n) is 10.6. The first kappa shape index (κ1) is 20.3. The third kappa shape index (κ3) is 3.14. The van der Waals surface area contributed by atoms with Crippen LogP contribution in [0.5, 0.6) is 0 Å². The molecule has 3 nitrogen and oxygen atoms in total. The van der Waals surface area contributed by atoms with Crippen LogP contribution in [0.25, 0.3) is 27.5 Å². The minimum absolute atomic E-state index is 0.247. The molecule has 0 radical (unpaired) electrons. The maximum Gasteiger partial charge on any atom is 0.189 e. The molecular formula is C31H31NO2. The molecule has 4 bridgehead atoms. The summed E-state index contributed by atoms with van der Waals surface area (Å²) in [6.07, 6.45) is 12.0. The molecule has 1 heterocycles. The number of benzene rings is 2. The van der Waals surface area contributed by atoms with E-state index in [1.165, 1.54) is 51.5 Å². The summed E-state index contributed by atoms with van der Waals surface area (Å²) < 4.78 is 15.1. The van der Waals surface area contributed by atoms with Crippen molar-refractivity contribution in [3.63, 3.8) is 0 Å². The lowest BCUT2D eigenvalue weighted by atomic mass is 9.65. The first-order valence-electron chi connectivity index (χ1n) is 12.7. The van der Waals surface area contributed by atoms with Gasteiger partial charge in [-0.05, 0) is 73.8 Å². The van der Waals surface area contributed by atoms with Gasteiger partial charge in [0.15, 0.2) is 6.79 Å². The van der Waals surface area contributed by atoms with Crippen LogP contribution >= 0.6 is 0 Å². The van der Waals surface area contributed by atoms with Gasteiger partial charge in [-0.25, -0.2) is 0 Å². The number of rotatable bonds is 5. The van der Waals surface area contributed by atoms with E-state index in [1.54, 1.807) is 5.57 Å². The molecule has 3 heteroatoms. The van der Waals surface area contributed by atoms with E-state index in [2.05, 4.69) is 85.2 Å². The van der Waals surface area contributed by atoms with Gasteiger partial charge in [-0.3, -0.25) is 0 Å². The quantitative estimate of drug-likeness (QED) is 0.296. The standard InChI is InChI=1S/C31H31NO2/c1-19-11-25(32-28-9-5-3-7-26(28)27-8-4-6-10-29(27)32)12-20(2)30(19)33-18-34-31-23-14-21-13-22(16-23)17-24(31)15-21/h3-11,13-14,20-21,24,31H,12,15-18H2,1-2H3. The molecule has 1 saturated carbocycles. The molecule has 0 saturated heterocycles. The molecule has 172 valence electrons. The fraction of sp³-hybridized carbons (Fsp3) is 0.355. The van der Waals surface area contributed by atoms with Gasteiger partial charge in [0.25, 0.3) is 0 Å². The molecule has 1 fully saturated rings. The maximum atomic E-state index is 6.35. The van der Waals surface area contributed by atoms with Crippen molar-refractivity contribution in [1.82, 2.24) is 4.57 Å². The van der Waals surface area contributed by atoms with E-state index in [0.29, 0.717) is 24.5 Å². The topological polar surface area (TPSA) is 23.4 Å². The van der Waals surface area contributed by atoms with Crippen molar-refractivity contribution in [3.05, 3.63) is 89.2 Å². The monoisotopic (exact) mass is 449 g/mol. The van der Waals surface area contributed by atoms with Gasteiger partial charge in [-0.1, -0.05) is 61.0 Å². The summed E-state index contributed by atoms with van der Waals surface area (Å²) in [6, 6.07) is 17.4. The molecule has 4 unspecified atom stereocenters. The summed E-state index contributed by atoms with van der Waals surface area (Å²) in [7, 11) is 0. The number of fused-ring (bicyclic) bond motifs is 3. The van der Waals surface area contributed by atoms with Crippen LogP contribution in [0.3, 0.4) is 0 Å². The number of hydrogen-bond acceptors (Lipinski definition) is 2. The van der Waals surface area contributed by atoms with E-state index in [9.17, 15) is 0 Å². The van der Waals surface area contributed by atoms with Crippen molar-refractivity contribution in [2.45, 2.75) is 45.6 Å². The van der Waals surface area contributed by atoms with Gasteiger partial charge in [0.1, 0.15) is 5.76 Å². The van der Waals surface area contributed by atoms with Gasteiger partial charge in [0.2, 0.25) is 0 Å². The van der Waals surface area contributed by atoms with Crippen LogP contribution < -0.4 is 0 Å². The van der Waals surface area contributed by atoms with Crippen LogP contribution in [0.2, 0.25) is 0 Å². The summed E-state index contributed by atoms with van der Waals surface area (Å²) in [5.74, 6) is 2.69. The Morgan fingerprint density at radius 1 is 0.941 bits per heavy atom. The predicted octanol–water partition coefficient (Wildman–Crippen LogP) is 7.60. The van der Waals surface area contributed by atoms with Crippen LogP contribution in [0, 0.1) is 17.8 Å². The SMILES string of the molecule is CC1=C(OCOC2C3=CC4C=C(C3)CC2C4)C(C)CC(n2c3ccccc3c3ccccc32)=C1. The normalized spacial score (nSPS) is 27.9. The minimum Gasteiger partial charge on any atom is -0.471 e.